The van der Waals surface area contributed by atoms with E-state index < -0.39 is 5.97 Å². The van der Waals surface area contributed by atoms with Gasteiger partial charge in [-0.1, -0.05) is 50.3 Å². The van der Waals surface area contributed by atoms with Gasteiger partial charge in [-0.3, -0.25) is 9.59 Å². The molecule has 2 atom stereocenters. The highest BCUT2D eigenvalue weighted by molar-refractivity contribution is 5.75. The number of carboxylic acid groups (broad SMARTS) is 1. The highest BCUT2D eigenvalue weighted by Crippen LogP contribution is 2.25. The van der Waals surface area contributed by atoms with Crippen LogP contribution >= 0.6 is 0 Å². The number of ether oxygens (including phenoxy) is 1. The topological polar surface area (TPSA) is 63.6 Å². The summed E-state index contributed by atoms with van der Waals surface area (Å²) in [7, 11) is 0. The Bertz CT molecular complexity index is 497. The van der Waals surface area contributed by atoms with Crippen LogP contribution < -0.4 is 4.74 Å². The molecule has 1 aromatic carbocycles. The Kier molecular flexibility index (Phi) is 7.11. The predicted octanol–water partition coefficient (Wildman–Crippen LogP) is 4.43. The van der Waals surface area contributed by atoms with E-state index in [0.717, 1.165) is 57.8 Å². The molecule has 1 saturated carbocycles. The zero-order chi connectivity index (χ0) is 16.5. The molecular weight excluding hydrogens is 292 g/mol. The first-order valence-electron chi connectivity index (χ1n) is 8.66. The summed E-state index contributed by atoms with van der Waals surface area (Å²) in [5.41, 5.74) is 0. The Morgan fingerprint density at radius 3 is 1.91 bits per heavy atom. The van der Waals surface area contributed by atoms with Crippen LogP contribution in [0.3, 0.4) is 0 Å². The highest BCUT2D eigenvalue weighted by Gasteiger charge is 2.22. The minimum Gasteiger partial charge on any atom is -0.481 e. The summed E-state index contributed by atoms with van der Waals surface area (Å²) in [4.78, 5) is 23.6. The number of para-hydroxylation sites is 1. The van der Waals surface area contributed by atoms with Crippen molar-refractivity contribution in [1.29, 1.82) is 0 Å². The lowest BCUT2D eigenvalue weighted by Gasteiger charge is -2.15. The molecule has 0 radical (unpaired) electrons. The second-order valence-corrected chi connectivity index (χ2v) is 6.39. The lowest BCUT2D eigenvalue weighted by Crippen LogP contribution is -2.20. The third-order valence-electron chi connectivity index (χ3n) is 4.60. The maximum Gasteiger partial charge on any atom is 0.314 e. The first kappa shape index (κ1) is 17.5. The van der Waals surface area contributed by atoms with E-state index in [2.05, 4.69) is 0 Å². The summed E-state index contributed by atoms with van der Waals surface area (Å²) >= 11 is 0. The quantitative estimate of drug-likeness (QED) is 0.661. The van der Waals surface area contributed by atoms with E-state index >= 15 is 0 Å². The standard InChI is InChI=1S/C19H26O4/c20-18(21)15-9-3-1-4-11-16(12-8-7-10-15)19(22)23-17-13-5-2-6-14-17/h2,5-6,13-16H,1,3-4,7-12H2,(H,20,21). The van der Waals surface area contributed by atoms with Crippen LogP contribution in [0.15, 0.2) is 30.3 Å². The largest absolute Gasteiger partial charge is 0.481 e. The van der Waals surface area contributed by atoms with Crippen LogP contribution in [0.4, 0.5) is 0 Å². The normalized spacial score (nSPS) is 23.5. The molecule has 0 aromatic heterocycles. The Morgan fingerprint density at radius 1 is 0.826 bits per heavy atom. The van der Waals surface area contributed by atoms with E-state index in [-0.39, 0.29) is 17.8 Å². The molecule has 23 heavy (non-hydrogen) atoms. The third kappa shape index (κ3) is 6.05. The van der Waals surface area contributed by atoms with Crippen LogP contribution in [-0.4, -0.2) is 17.0 Å². The minimum absolute atomic E-state index is 0.0726. The third-order valence-corrected chi connectivity index (χ3v) is 4.60. The number of aliphatic carboxylic acids is 1. The molecular formula is C19H26O4. The van der Waals surface area contributed by atoms with Crippen LogP contribution in [-0.2, 0) is 9.59 Å². The van der Waals surface area contributed by atoms with Crippen molar-refractivity contribution in [1.82, 2.24) is 0 Å². The average molecular weight is 318 g/mol. The molecule has 2 rings (SSSR count). The molecule has 4 heteroatoms. The van der Waals surface area contributed by atoms with Crippen molar-refractivity contribution in [3.05, 3.63) is 30.3 Å². The van der Waals surface area contributed by atoms with E-state index in [4.69, 9.17) is 4.74 Å². The maximum absolute atomic E-state index is 12.4. The first-order valence-corrected chi connectivity index (χ1v) is 8.66. The van der Waals surface area contributed by atoms with Gasteiger partial charge in [0.1, 0.15) is 5.75 Å². The van der Waals surface area contributed by atoms with Crippen molar-refractivity contribution < 1.29 is 19.4 Å². The van der Waals surface area contributed by atoms with E-state index in [1.54, 1.807) is 12.1 Å². The summed E-state index contributed by atoms with van der Waals surface area (Å²) in [5.74, 6) is -0.522. The van der Waals surface area contributed by atoms with Gasteiger partial charge in [0.25, 0.3) is 0 Å². The smallest absolute Gasteiger partial charge is 0.314 e. The molecule has 1 N–H and O–H groups in total. The molecule has 0 spiro atoms. The van der Waals surface area contributed by atoms with Gasteiger partial charge in [-0.25, -0.2) is 0 Å². The fraction of sp³-hybridized carbons (Fsp3) is 0.579. The van der Waals surface area contributed by atoms with Gasteiger partial charge in [-0.2, -0.15) is 0 Å². The fourth-order valence-corrected chi connectivity index (χ4v) is 3.20. The molecule has 1 aliphatic carbocycles. The number of hydrogen-bond acceptors (Lipinski definition) is 3. The van der Waals surface area contributed by atoms with E-state index in [1.165, 1.54) is 0 Å². The van der Waals surface area contributed by atoms with Crippen molar-refractivity contribution in [2.75, 3.05) is 0 Å². The zero-order valence-corrected chi connectivity index (χ0v) is 13.6. The molecule has 0 saturated heterocycles. The van der Waals surface area contributed by atoms with Crippen LogP contribution in [0.2, 0.25) is 0 Å². The lowest BCUT2D eigenvalue weighted by atomic mass is 9.94. The molecule has 126 valence electrons. The number of benzene rings is 1. The molecule has 1 fully saturated rings. The molecule has 0 amide bonds. The fourth-order valence-electron chi connectivity index (χ4n) is 3.20. The summed E-state index contributed by atoms with van der Waals surface area (Å²) in [6.45, 7) is 0. The molecule has 2 unspecified atom stereocenters. The van der Waals surface area contributed by atoms with E-state index in [9.17, 15) is 14.7 Å². The van der Waals surface area contributed by atoms with Crippen LogP contribution in [0, 0.1) is 11.8 Å². The van der Waals surface area contributed by atoms with Crippen molar-refractivity contribution in [2.45, 2.75) is 57.8 Å². The number of carbonyl (C=O) groups is 2. The van der Waals surface area contributed by atoms with Gasteiger partial charge < -0.3 is 9.84 Å². The minimum atomic E-state index is -0.677. The van der Waals surface area contributed by atoms with Crippen molar-refractivity contribution >= 4 is 11.9 Å². The second-order valence-electron chi connectivity index (χ2n) is 6.39. The first-order chi connectivity index (χ1) is 11.2. The van der Waals surface area contributed by atoms with E-state index in [0.29, 0.717) is 5.75 Å². The Morgan fingerprint density at radius 2 is 1.35 bits per heavy atom. The summed E-state index contributed by atoms with van der Waals surface area (Å²) in [6.07, 6.45) is 7.73. The van der Waals surface area contributed by atoms with Gasteiger partial charge >= 0.3 is 11.9 Å². The summed E-state index contributed by atoms with van der Waals surface area (Å²) < 4.78 is 5.48. The van der Waals surface area contributed by atoms with Gasteiger partial charge in [-0.05, 0) is 37.8 Å². The zero-order valence-electron chi connectivity index (χ0n) is 13.6. The number of carboxylic acids is 1. The molecule has 1 aliphatic rings. The molecule has 4 nitrogen and oxygen atoms in total. The van der Waals surface area contributed by atoms with Crippen molar-refractivity contribution in [2.24, 2.45) is 11.8 Å². The number of esters is 1. The van der Waals surface area contributed by atoms with Crippen molar-refractivity contribution in [3.8, 4) is 5.75 Å². The Labute approximate surface area is 137 Å². The van der Waals surface area contributed by atoms with Gasteiger partial charge in [-0.15, -0.1) is 0 Å². The van der Waals surface area contributed by atoms with Crippen molar-refractivity contribution in [3.63, 3.8) is 0 Å². The number of hydrogen-bond donors (Lipinski definition) is 1. The predicted molar refractivity (Wildman–Crippen MR) is 88.2 cm³/mol. The van der Waals surface area contributed by atoms with Gasteiger partial charge in [0.2, 0.25) is 0 Å². The molecule has 0 aliphatic heterocycles. The van der Waals surface area contributed by atoms with Crippen LogP contribution in [0.1, 0.15) is 57.8 Å². The van der Waals surface area contributed by atoms with Crippen LogP contribution in [0.5, 0.6) is 5.75 Å². The van der Waals surface area contributed by atoms with Gasteiger partial charge in [0, 0.05) is 0 Å². The molecule has 0 heterocycles. The number of rotatable bonds is 3. The Balaban J connectivity index is 1.89. The summed E-state index contributed by atoms with van der Waals surface area (Å²) in [6, 6.07) is 9.18. The van der Waals surface area contributed by atoms with E-state index in [1.807, 2.05) is 18.2 Å². The molecule has 0 bridgehead atoms. The Hall–Kier alpha value is -1.84. The summed E-state index contributed by atoms with van der Waals surface area (Å²) in [5, 5.41) is 9.22. The monoisotopic (exact) mass is 318 g/mol. The molecule has 1 aromatic rings. The average Bonchev–Trinajstić information content (AvgIpc) is 2.60. The maximum atomic E-state index is 12.4. The second kappa shape index (κ2) is 9.33. The number of carbonyl (C=O) groups excluding carboxylic acids is 1. The SMILES string of the molecule is O=C(O)C1CCCCCC(C(=O)Oc2ccccc2)CCCC1. The van der Waals surface area contributed by atoms with Crippen LogP contribution in [0.25, 0.3) is 0 Å². The van der Waals surface area contributed by atoms with Gasteiger partial charge in [0.15, 0.2) is 0 Å². The lowest BCUT2D eigenvalue weighted by molar-refractivity contribution is -0.142. The highest BCUT2D eigenvalue weighted by atomic mass is 16.5. The van der Waals surface area contributed by atoms with Gasteiger partial charge in [0.05, 0.1) is 11.8 Å².